The van der Waals surface area contributed by atoms with Crippen LogP contribution in [0.1, 0.15) is 24.5 Å². The van der Waals surface area contributed by atoms with Crippen molar-refractivity contribution >= 4 is 11.5 Å². The topological polar surface area (TPSA) is 94.3 Å². The van der Waals surface area contributed by atoms with Gasteiger partial charge in [-0.1, -0.05) is 6.58 Å². The van der Waals surface area contributed by atoms with Gasteiger partial charge in [0, 0.05) is 14.0 Å². The minimum atomic E-state index is -1.13. The van der Waals surface area contributed by atoms with E-state index in [4.69, 9.17) is 4.74 Å². The van der Waals surface area contributed by atoms with Gasteiger partial charge in [0.2, 0.25) is 6.23 Å². The van der Waals surface area contributed by atoms with Crippen molar-refractivity contribution < 1.29 is 24.6 Å². The molecule has 2 aliphatic rings. The summed E-state index contributed by atoms with van der Waals surface area (Å²) in [7, 11) is 1.82. The lowest BCUT2D eigenvalue weighted by Gasteiger charge is -2.17. The highest BCUT2D eigenvalue weighted by Crippen LogP contribution is 2.32. The summed E-state index contributed by atoms with van der Waals surface area (Å²) >= 11 is 0. The minimum absolute atomic E-state index is 0.349. The molecule has 4 atom stereocenters. The monoisotopic (exact) mass is 309 g/mol. The summed E-state index contributed by atoms with van der Waals surface area (Å²) in [5.74, 6) is 0.762. The van der Waals surface area contributed by atoms with Gasteiger partial charge in [-0.15, -0.1) is 0 Å². The van der Waals surface area contributed by atoms with Gasteiger partial charge in [-0.2, -0.15) is 4.57 Å². The third kappa shape index (κ3) is 1.99. The Labute approximate surface area is 128 Å². The van der Waals surface area contributed by atoms with Gasteiger partial charge >= 0.3 is 0 Å². The maximum atomic E-state index is 10.2. The first-order chi connectivity index (χ1) is 10.4. The molecule has 0 radical (unpaired) electrons. The molecule has 3 heterocycles. The molecule has 1 saturated heterocycles. The van der Waals surface area contributed by atoms with Crippen LogP contribution in [-0.4, -0.2) is 62.7 Å². The number of hydrogen-bond acceptors (Lipinski definition) is 6. The molecule has 0 aliphatic carbocycles. The van der Waals surface area contributed by atoms with Gasteiger partial charge in [0.1, 0.15) is 29.7 Å². The number of imidazole rings is 1. The van der Waals surface area contributed by atoms with Gasteiger partial charge in [0.05, 0.1) is 6.61 Å². The number of rotatable bonds is 2. The van der Waals surface area contributed by atoms with E-state index >= 15 is 0 Å². The fourth-order valence-electron chi connectivity index (χ4n) is 3.00. The fourth-order valence-corrected chi connectivity index (χ4v) is 3.00. The van der Waals surface area contributed by atoms with Crippen LogP contribution in [0.25, 0.3) is 5.70 Å². The van der Waals surface area contributed by atoms with Gasteiger partial charge in [0.25, 0.3) is 5.84 Å². The van der Waals surface area contributed by atoms with Gasteiger partial charge in [-0.05, 0) is 12.0 Å². The van der Waals surface area contributed by atoms with Crippen LogP contribution in [0.5, 0.6) is 0 Å². The van der Waals surface area contributed by atoms with Crippen LogP contribution in [0.2, 0.25) is 0 Å². The Kier molecular flexibility index (Phi) is 3.56. The second kappa shape index (κ2) is 5.17. The molecule has 0 aromatic carbocycles. The van der Waals surface area contributed by atoms with E-state index in [9.17, 15) is 15.3 Å². The Balaban J connectivity index is 2.05. The number of nitrogens with zero attached hydrogens (tertiary/aromatic N) is 4. The molecule has 8 nitrogen and oxygen atoms in total. The van der Waals surface area contributed by atoms with Crippen molar-refractivity contribution in [2.45, 2.75) is 38.4 Å². The van der Waals surface area contributed by atoms with E-state index < -0.39 is 24.5 Å². The predicted molar refractivity (Wildman–Crippen MR) is 77.7 cm³/mol. The molecule has 3 rings (SSSR count). The molecule has 0 spiro atoms. The fraction of sp³-hybridized carbons (Fsp3) is 0.571. The van der Waals surface area contributed by atoms with Gasteiger partial charge < -0.3 is 20.1 Å². The average Bonchev–Trinajstić information content (AvgIpc) is 2.96. The van der Waals surface area contributed by atoms with Crippen LogP contribution in [0, 0.1) is 6.92 Å². The van der Waals surface area contributed by atoms with E-state index in [0.29, 0.717) is 0 Å². The summed E-state index contributed by atoms with van der Waals surface area (Å²) in [4.78, 5) is 0. The lowest BCUT2D eigenvalue weighted by atomic mass is 10.1. The van der Waals surface area contributed by atoms with Crippen LogP contribution in [0.4, 0.5) is 0 Å². The molecule has 22 heavy (non-hydrogen) atoms. The third-order valence-electron chi connectivity index (χ3n) is 4.31. The van der Waals surface area contributed by atoms with E-state index in [1.807, 2.05) is 25.5 Å². The quantitative estimate of drug-likeness (QED) is 0.596. The van der Waals surface area contributed by atoms with Crippen molar-refractivity contribution in [2.24, 2.45) is 5.10 Å². The number of hydrogen-bond donors (Lipinski definition) is 3. The third-order valence-corrected chi connectivity index (χ3v) is 4.31. The number of aromatic nitrogens is 2. The van der Waals surface area contributed by atoms with E-state index in [1.165, 1.54) is 0 Å². The number of fused-ring (bicyclic) bond motifs is 1. The van der Waals surface area contributed by atoms with Crippen LogP contribution >= 0.6 is 0 Å². The largest absolute Gasteiger partial charge is 0.394 e. The first-order valence-corrected chi connectivity index (χ1v) is 7.11. The van der Waals surface area contributed by atoms with Crippen molar-refractivity contribution in [3.8, 4) is 0 Å². The summed E-state index contributed by atoms with van der Waals surface area (Å²) in [6.45, 7) is 7.44. The molecule has 0 amide bonds. The molecule has 1 aromatic rings. The molecule has 2 aliphatic heterocycles. The van der Waals surface area contributed by atoms with Crippen LogP contribution in [-0.2, 0) is 4.74 Å². The first-order valence-electron chi connectivity index (χ1n) is 7.11. The zero-order valence-electron chi connectivity index (χ0n) is 12.8. The maximum Gasteiger partial charge on any atom is 0.263 e. The maximum absolute atomic E-state index is 10.2. The highest BCUT2D eigenvalue weighted by molar-refractivity contribution is 5.76. The van der Waals surface area contributed by atoms with Gasteiger partial charge in [-0.3, -0.25) is 0 Å². The Morgan fingerprint density at radius 2 is 2.05 bits per heavy atom. The van der Waals surface area contributed by atoms with Crippen molar-refractivity contribution in [1.29, 1.82) is 0 Å². The number of aliphatic hydroxyl groups is 3. The Hall–Kier alpha value is -1.74. The molecular weight excluding hydrogens is 288 g/mol. The zero-order valence-corrected chi connectivity index (χ0v) is 12.8. The Bertz CT molecular complexity index is 654. The average molecular weight is 309 g/mol. The minimum Gasteiger partial charge on any atom is -0.394 e. The molecular formula is C14H21N4O4+. The zero-order chi connectivity index (χ0) is 16.2. The summed E-state index contributed by atoms with van der Waals surface area (Å²) in [5, 5.41) is 35.4. The van der Waals surface area contributed by atoms with Crippen molar-refractivity contribution in [1.82, 2.24) is 9.58 Å². The summed E-state index contributed by atoms with van der Waals surface area (Å²) in [6.07, 6.45) is -2.05. The van der Waals surface area contributed by atoms with E-state index in [-0.39, 0.29) is 6.61 Å². The first kappa shape index (κ1) is 15.2. The molecule has 4 unspecified atom stereocenters. The predicted octanol–water partition coefficient (Wildman–Crippen LogP) is -1.21. The molecule has 120 valence electrons. The van der Waals surface area contributed by atoms with Crippen molar-refractivity contribution in [3.63, 3.8) is 0 Å². The number of hydrazone groups is 1. The Morgan fingerprint density at radius 3 is 2.64 bits per heavy atom. The second-order valence-electron chi connectivity index (χ2n) is 5.67. The molecule has 0 saturated carbocycles. The van der Waals surface area contributed by atoms with Gasteiger partial charge in [0.15, 0.2) is 12.0 Å². The van der Waals surface area contributed by atoms with E-state index in [0.717, 1.165) is 22.9 Å². The number of aliphatic hydroxyl groups excluding tert-OH is 3. The molecule has 8 heteroatoms. The van der Waals surface area contributed by atoms with Crippen LogP contribution in [0.3, 0.4) is 0 Å². The smallest absolute Gasteiger partial charge is 0.263 e. The van der Waals surface area contributed by atoms with Crippen LogP contribution in [0.15, 0.2) is 18.0 Å². The molecule has 1 fully saturated rings. The normalized spacial score (nSPS) is 31.5. The van der Waals surface area contributed by atoms with Crippen molar-refractivity contribution in [3.05, 3.63) is 24.3 Å². The van der Waals surface area contributed by atoms with Crippen LogP contribution < -0.4 is 4.57 Å². The van der Waals surface area contributed by atoms with Crippen molar-refractivity contribution in [2.75, 3.05) is 13.7 Å². The highest BCUT2D eigenvalue weighted by atomic mass is 16.6. The number of ether oxygens (including phenoxy) is 1. The lowest BCUT2D eigenvalue weighted by molar-refractivity contribution is -0.562. The SMILES string of the molecule is C=C1c2c(C)n(C3OC(CO)C(O)C3O)c[n+]2C(C)=NN1C. The van der Waals surface area contributed by atoms with E-state index in [2.05, 4.69) is 11.7 Å². The Morgan fingerprint density at radius 1 is 1.36 bits per heavy atom. The molecule has 3 N–H and O–H groups in total. The van der Waals surface area contributed by atoms with Gasteiger partial charge in [-0.25, -0.2) is 9.58 Å². The molecule has 1 aromatic heterocycles. The standard InChI is InChI=1S/C14H21N4O4/c1-7-11-8(2)17(6-18(11)9(3)15-16(7)4)14-13(21)12(20)10(5-19)22-14/h6,10,12-14,19-21H,1,5H2,2-4H3/q+1. The summed E-state index contributed by atoms with van der Waals surface area (Å²) in [6, 6.07) is 0. The van der Waals surface area contributed by atoms with E-state index in [1.54, 1.807) is 15.9 Å². The lowest BCUT2D eigenvalue weighted by Crippen LogP contribution is -2.48. The summed E-state index contributed by atoms with van der Waals surface area (Å²) < 4.78 is 9.20. The second-order valence-corrected chi connectivity index (χ2v) is 5.67. The summed E-state index contributed by atoms with van der Waals surface area (Å²) in [5.41, 5.74) is 2.43. The molecule has 0 bridgehead atoms. The highest BCUT2D eigenvalue weighted by Gasteiger charge is 2.46.